The van der Waals surface area contributed by atoms with E-state index in [1.165, 1.54) is 12.1 Å². The highest BCUT2D eigenvalue weighted by Gasteiger charge is 2.16. The molecular formula is C12H13Cl2FN2O3. The Labute approximate surface area is 125 Å². The summed E-state index contributed by atoms with van der Waals surface area (Å²) in [5.41, 5.74) is 0.210. The van der Waals surface area contributed by atoms with E-state index in [0.29, 0.717) is 6.42 Å². The lowest BCUT2D eigenvalue weighted by Crippen LogP contribution is -2.35. The zero-order valence-corrected chi connectivity index (χ0v) is 12.1. The van der Waals surface area contributed by atoms with E-state index >= 15 is 0 Å². The Balaban J connectivity index is 2.61. The summed E-state index contributed by atoms with van der Waals surface area (Å²) < 4.78 is 13.2. The fourth-order valence-corrected chi connectivity index (χ4v) is 1.91. The van der Waals surface area contributed by atoms with Gasteiger partial charge in [0.05, 0.1) is 16.0 Å². The molecule has 1 aromatic carbocycles. The van der Waals surface area contributed by atoms with Gasteiger partial charge < -0.3 is 15.7 Å². The van der Waals surface area contributed by atoms with Gasteiger partial charge in [-0.1, -0.05) is 30.1 Å². The Morgan fingerprint density at radius 1 is 1.35 bits per heavy atom. The van der Waals surface area contributed by atoms with Gasteiger partial charge in [0.2, 0.25) is 0 Å². The third-order valence-electron chi connectivity index (χ3n) is 2.59. The van der Waals surface area contributed by atoms with Crippen molar-refractivity contribution in [2.45, 2.75) is 13.3 Å². The topological polar surface area (TPSA) is 78.4 Å². The molecule has 1 aromatic rings. The number of benzene rings is 1. The number of halogens is 3. The number of carbonyl (C=O) groups excluding carboxylic acids is 1. The minimum Gasteiger partial charge on any atom is -0.481 e. The van der Waals surface area contributed by atoms with E-state index in [1.54, 1.807) is 6.92 Å². The predicted octanol–water partition coefficient (Wildman–Crippen LogP) is 3.36. The average Bonchev–Trinajstić information content (AvgIpc) is 2.36. The molecule has 2 amide bonds. The summed E-state index contributed by atoms with van der Waals surface area (Å²) in [7, 11) is 0. The van der Waals surface area contributed by atoms with Crippen molar-refractivity contribution in [3.05, 3.63) is 28.0 Å². The number of carboxylic acids is 1. The molecule has 1 rings (SSSR count). The van der Waals surface area contributed by atoms with Crippen LogP contribution in [0, 0.1) is 11.7 Å². The maximum Gasteiger partial charge on any atom is 0.319 e. The van der Waals surface area contributed by atoms with Crippen molar-refractivity contribution < 1.29 is 19.1 Å². The van der Waals surface area contributed by atoms with Gasteiger partial charge in [0.15, 0.2) is 5.82 Å². The maximum atomic E-state index is 13.2. The van der Waals surface area contributed by atoms with Gasteiger partial charge in [0.25, 0.3) is 0 Å². The first-order chi connectivity index (χ1) is 9.35. The fourth-order valence-electron chi connectivity index (χ4n) is 1.43. The molecule has 8 heteroatoms. The van der Waals surface area contributed by atoms with E-state index in [0.717, 1.165) is 0 Å². The van der Waals surface area contributed by atoms with Crippen LogP contribution in [0.5, 0.6) is 0 Å². The molecule has 20 heavy (non-hydrogen) atoms. The van der Waals surface area contributed by atoms with Crippen molar-refractivity contribution in [3.63, 3.8) is 0 Å². The molecule has 0 heterocycles. The second-order valence-electron chi connectivity index (χ2n) is 4.03. The lowest BCUT2D eigenvalue weighted by atomic mass is 10.1. The summed E-state index contributed by atoms with van der Waals surface area (Å²) in [6, 6.07) is 1.79. The number of hydrogen-bond acceptors (Lipinski definition) is 2. The van der Waals surface area contributed by atoms with Crippen molar-refractivity contribution in [2.75, 3.05) is 11.9 Å². The number of nitrogens with one attached hydrogen (secondary N) is 2. The molecule has 0 aliphatic rings. The van der Waals surface area contributed by atoms with Gasteiger partial charge in [-0.05, 0) is 18.6 Å². The number of anilines is 1. The standard InChI is InChI=1S/C12H13Cl2FN2O3/c1-2-6(11(18)19)5-16-12(20)17-7-3-8(13)10(15)9(14)4-7/h3-4,6H,2,5H2,1H3,(H,18,19)(H2,16,17,20). The van der Waals surface area contributed by atoms with Crippen LogP contribution in [-0.2, 0) is 4.79 Å². The number of amides is 2. The third-order valence-corrected chi connectivity index (χ3v) is 3.14. The molecule has 0 saturated heterocycles. The molecular weight excluding hydrogens is 310 g/mol. The number of carboxylic acid groups (broad SMARTS) is 1. The van der Waals surface area contributed by atoms with Crippen LogP contribution in [0.25, 0.3) is 0 Å². The number of carbonyl (C=O) groups is 2. The zero-order valence-electron chi connectivity index (χ0n) is 10.5. The first kappa shape index (κ1) is 16.5. The Hall–Kier alpha value is -1.53. The van der Waals surface area contributed by atoms with E-state index in [1.807, 2.05) is 0 Å². The van der Waals surface area contributed by atoms with Crippen molar-refractivity contribution >= 4 is 40.9 Å². The Bertz CT molecular complexity index is 502. The highest BCUT2D eigenvalue weighted by molar-refractivity contribution is 6.35. The van der Waals surface area contributed by atoms with Crippen LogP contribution < -0.4 is 10.6 Å². The van der Waals surface area contributed by atoms with Crippen molar-refractivity contribution in [2.24, 2.45) is 5.92 Å². The molecule has 0 fully saturated rings. The van der Waals surface area contributed by atoms with E-state index in [4.69, 9.17) is 28.3 Å². The molecule has 0 aliphatic carbocycles. The molecule has 3 N–H and O–H groups in total. The number of urea groups is 1. The van der Waals surface area contributed by atoms with Crippen molar-refractivity contribution in [1.82, 2.24) is 5.32 Å². The predicted molar refractivity (Wildman–Crippen MR) is 74.9 cm³/mol. The molecule has 0 aromatic heterocycles. The highest BCUT2D eigenvalue weighted by atomic mass is 35.5. The third kappa shape index (κ3) is 4.54. The van der Waals surface area contributed by atoms with Gasteiger partial charge >= 0.3 is 12.0 Å². The van der Waals surface area contributed by atoms with Crippen LogP contribution in [0.1, 0.15) is 13.3 Å². The molecule has 0 radical (unpaired) electrons. The van der Waals surface area contributed by atoms with Crippen LogP contribution in [0.2, 0.25) is 10.0 Å². The van der Waals surface area contributed by atoms with Crippen LogP contribution in [0.15, 0.2) is 12.1 Å². The molecule has 1 unspecified atom stereocenters. The number of hydrogen-bond donors (Lipinski definition) is 3. The minimum absolute atomic E-state index is 0.0136. The van der Waals surface area contributed by atoms with Gasteiger partial charge in [-0.15, -0.1) is 0 Å². The Morgan fingerprint density at radius 3 is 2.35 bits per heavy atom. The molecule has 1 atom stereocenters. The van der Waals surface area contributed by atoms with Gasteiger partial charge in [-0.25, -0.2) is 9.18 Å². The van der Waals surface area contributed by atoms with Crippen LogP contribution in [-0.4, -0.2) is 23.7 Å². The zero-order chi connectivity index (χ0) is 15.3. The molecule has 0 aliphatic heterocycles. The van der Waals surface area contributed by atoms with Gasteiger partial charge in [-0.3, -0.25) is 4.79 Å². The molecule has 5 nitrogen and oxygen atoms in total. The monoisotopic (exact) mass is 322 g/mol. The van der Waals surface area contributed by atoms with Crippen LogP contribution >= 0.6 is 23.2 Å². The maximum absolute atomic E-state index is 13.2. The number of aliphatic carboxylic acids is 1. The second-order valence-corrected chi connectivity index (χ2v) is 4.85. The van der Waals surface area contributed by atoms with Gasteiger partial charge in [-0.2, -0.15) is 0 Å². The Morgan fingerprint density at radius 2 is 1.90 bits per heavy atom. The van der Waals surface area contributed by atoms with Crippen molar-refractivity contribution in [1.29, 1.82) is 0 Å². The summed E-state index contributed by atoms with van der Waals surface area (Å²) in [5, 5.41) is 13.2. The lowest BCUT2D eigenvalue weighted by Gasteiger charge is -2.12. The van der Waals surface area contributed by atoms with E-state index in [9.17, 15) is 14.0 Å². The van der Waals surface area contributed by atoms with E-state index < -0.39 is 23.7 Å². The van der Waals surface area contributed by atoms with Crippen LogP contribution in [0.3, 0.4) is 0 Å². The summed E-state index contributed by atoms with van der Waals surface area (Å²) >= 11 is 11.2. The molecule has 0 bridgehead atoms. The quantitative estimate of drug-likeness (QED) is 0.727. The van der Waals surface area contributed by atoms with Crippen LogP contribution in [0.4, 0.5) is 14.9 Å². The lowest BCUT2D eigenvalue weighted by molar-refractivity contribution is -0.141. The van der Waals surface area contributed by atoms with E-state index in [-0.39, 0.29) is 22.3 Å². The SMILES string of the molecule is CCC(CNC(=O)Nc1cc(Cl)c(F)c(Cl)c1)C(=O)O. The first-order valence-electron chi connectivity index (χ1n) is 5.77. The van der Waals surface area contributed by atoms with Gasteiger partial charge in [0.1, 0.15) is 0 Å². The summed E-state index contributed by atoms with van der Waals surface area (Å²) in [4.78, 5) is 22.3. The molecule has 110 valence electrons. The number of rotatable bonds is 5. The van der Waals surface area contributed by atoms with Gasteiger partial charge in [0, 0.05) is 12.2 Å². The minimum atomic E-state index is -0.985. The average molecular weight is 323 g/mol. The smallest absolute Gasteiger partial charge is 0.319 e. The van der Waals surface area contributed by atoms with E-state index in [2.05, 4.69) is 10.6 Å². The Kier molecular flexibility index (Phi) is 6.04. The van der Waals surface area contributed by atoms with Crippen molar-refractivity contribution in [3.8, 4) is 0 Å². The largest absolute Gasteiger partial charge is 0.481 e. The summed E-state index contributed by atoms with van der Waals surface area (Å²) in [5.74, 6) is -2.42. The molecule has 0 spiro atoms. The summed E-state index contributed by atoms with van der Waals surface area (Å²) in [6.07, 6.45) is 0.393. The highest BCUT2D eigenvalue weighted by Crippen LogP contribution is 2.27. The first-order valence-corrected chi connectivity index (χ1v) is 6.53. The normalized spacial score (nSPS) is 11.8. The second kappa shape index (κ2) is 7.31. The summed E-state index contributed by atoms with van der Waals surface area (Å²) in [6.45, 7) is 1.69. The molecule has 0 saturated carbocycles. The fraction of sp³-hybridized carbons (Fsp3) is 0.333.